The van der Waals surface area contributed by atoms with Crippen molar-refractivity contribution in [2.45, 2.75) is 51.4 Å². The van der Waals surface area contributed by atoms with Gasteiger partial charge in [-0.2, -0.15) is 0 Å². The van der Waals surface area contributed by atoms with Gasteiger partial charge >= 0.3 is 5.97 Å². The maximum Gasteiger partial charge on any atom is 0.338 e. The van der Waals surface area contributed by atoms with E-state index >= 15 is 0 Å². The molecule has 146 valence electrons. The second-order valence-corrected chi connectivity index (χ2v) is 8.59. The van der Waals surface area contributed by atoms with Crippen LogP contribution in [0.5, 0.6) is 5.75 Å². The van der Waals surface area contributed by atoms with E-state index in [4.69, 9.17) is 15.2 Å². The fourth-order valence-corrected chi connectivity index (χ4v) is 3.92. The van der Waals surface area contributed by atoms with Crippen molar-refractivity contribution < 1.29 is 14.3 Å². The van der Waals surface area contributed by atoms with Crippen LogP contribution in [-0.2, 0) is 4.74 Å². The lowest BCUT2D eigenvalue weighted by atomic mass is 9.99. The molecular weight excluding hydrogens is 362 g/mol. The van der Waals surface area contributed by atoms with E-state index < -0.39 is 11.8 Å². The third-order valence-corrected chi connectivity index (χ3v) is 5.30. The van der Waals surface area contributed by atoms with E-state index in [0.717, 1.165) is 36.6 Å². The highest BCUT2D eigenvalue weighted by Gasteiger charge is 2.21. The van der Waals surface area contributed by atoms with Crippen molar-refractivity contribution in [1.29, 1.82) is 0 Å². The molecule has 2 heterocycles. The molecule has 0 bridgehead atoms. The summed E-state index contributed by atoms with van der Waals surface area (Å²) in [7, 11) is 0. The number of thiazole rings is 1. The van der Waals surface area contributed by atoms with Gasteiger partial charge in [0.2, 0.25) is 0 Å². The van der Waals surface area contributed by atoms with Crippen LogP contribution in [0.1, 0.15) is 66.8 Å². The van der Waals surface area contributed by atoms with Crippen molar-refractivity contribution in [2.75, 3.05) is 13.1 Å². The number of ether oxygens (including phenoxy) is 2. The predicted octanol–water partition coefficient (Wildman–Crippen LogP) is 3.60. The standard InChI is InChI=1S/C20H27N3O3S/c1-20(2,3)26-19(24)14-4-6-15(7-5-14)25-17(21)16-12-27-18(23-16)13-8-10-22-11-9-13/h4-7,12-13,17,22H,8-11,21H2,1-3H3. The Morgan fingerprint density at radius 1 is 1.26 bits per heavy atom. The molecule has 0 radical (unpaired) electrons. The monoisotopic (exact) mass is 389 g/mol. The third-order valence-electron chi connectivity index (χ3n) is 4.27. The summed E-state index contributed by atoms with van der Waals surface area (Å²) in [5.41, 5.74) is 6.87. The smallest absolute Gasteiger partial charge is 0.338 e. The second-order valence-electron chi connectivity index (χ2n) is 7.70. The van der Waals surface area contributed by atoms with Crippen molar-refractivity contribution >= 4 is 17.3 Å². The number of carbonyl (C=O) groups excluding carboxylic acids is 1. The average molecular weight is 390 g/mol. The Labute approximate surface area is 164 Å². The van der Waals surface area contributed by atoms with E-state index in [1.165, 1.54) is 0 Å². The minimum Gasteiger partial charge on any atom is -0.470 e. The molecule has 1 aromatic heterocycles. The van der Waals surface area contributed by atoms with Gasteiger partial charge in [-0.3, -0.25) is 5.73 Å². The maximum atomic E-state index is 12.1. The first kappa shape index (κ1) is 19.8. The van der Waals surface area contributed by atoms with Gasteiger partial charge in [0.25, 0.3) is 0 Å². The van der Waals surface area contributed by atoms with Crippen LogP contribution < -0.4 is 15.8 Å². The molecule has 0 amide bonds. The molecule has 3 N–H and O–H groups in total. The number of hydrogen-bond donors (Lipinski definition) is 2. The molecule has 3 rings (SSSR count). The van der Waals surface area contributed by atoms with Gasteiger partial charge in [-0.1, -0.05) is 0 Å². The summed E-state index contributed by atoms with van der Waals surface area (Å²) in [4.78, 5) is 16.8. The number of aromatic nitrogens is 1. The summed E-state index contributed by atoms with van der Waals surface area (Å²) in [6.45, 7) is 7.59. The zero-order valence-electron chi connectivity index (χ0n) is 16.0. The van der Waals surface area contributed by atoms with Gasteiger partial charge < -0.3 is 14.8 Å². The third kappa shape index (κ3) is 5.51. The topological polar surface area (TPSA) is 86.5 Å². The molecule has 2 aromatic rings. The van der Waals surface area contributed by atoms with Crippen LogP contribution in [0, 0.1) is 0 Å². The average Bonchev–Trinajstić information content (AvgIpc) is 3.12. The molecule has 1 aromatic carbocycles. The molecule has 0 spiro atoms. The number of hydrogen-bond acceptors (Lipinski definition) is 7. The Hall–Kier alpha value is -1.96. The fraction of sp³-hybridized carbons (Fsp3) is 0.500. The van der Waals surface area contributed by atoms with E-state index in [2.05, 4.69) is 10.3 Å². The maximum absolute atomic E-state index is 12.1. The van der Waals surface area contributed by atoms with Crippen molar-refractivity contribution in [1.82, 2.24) is 10.3 Å². The molecular formula is C20H27N3O3S. The highest BCUT2D eigenvalue weighted by molar-refractivity contribution is 7.09. The van der Waals surface area contributed by atoms with E-state index in [0.29, 0.717) is 17.2 Å². The van der Waals surface area contributed by atoms with Gasteiger partial charge in [-0.25, -0.2) is 9.78 Å². The van der Waals surface area contributed by atoms with Crippen LogP contribution in [0.4, 0.5) is 0 Å². The predicted molar refractivity (Wildman–Crippen MR) is 106 cm³/mol. The van der Waals surface area contributed by atoms with Crippen molar-refractivity contribution in [3.8, 4) is 5.75 Å². The number of benzene rings is 1. The molecule has 1 aliphatic heterocycles. The first-order chi connectivity index (χ1) is 12.8. The van der Waals surface area contributed by atoms with Crippen LogP contribution in [0.25, 0.3) is 0 Å². The van der Waals surface area contributed by atoms with Crippen LogP contribution in [0.3, 0.4) is 0 Å². The SMILES string of the molecule is CC(C)(C)OC(=O)c1ccc(OC(N)c2csc(C3CCNCC3)n2)cc1. The summed E-state index contributed by atoms with van der Waals surface area (Å²) >= 11 is 1.65. The second kappa shape index (κ2) is 8.37. The largest absolute Gasteiger partial charge is 0.470 e. The number of piperidine rings is 1. The lowest BCUT2D eigenvalue weighted by Gasteiger charge is -2.20. The first-order valence-corrected chi connectivity index (χ1v) is 10.1. The molecule has 7 heteroatoms. The van der Waals surface area contributed by atoms with E-state index in [1.54, 1.807) is 35.6 Å². The van der Waals surface area contributed by atoms with Crippen LogP contribution in [0.2, 0.25) is 0 Å². The molecule has 1 saturated heterocycles. The number of carbonyl (C=O) groups is 1. The van der Waals surface area contributed by atoms with Crippen molar-refractivity contribution in [3.63, 3.8) is 0 Å². The van der Waals surface area contributed by atoms with E-state index in [1.807, 2.05) is 26.2 Å². The molecule has 1 fully saturated rings. The minimum absolute atomic E-state index is 0.357. The number of esters is 1. The summed E-state index contributed by atoms with van der Waals surface area (Å²) in [5.74, 6) is 0.737. The van der Waals surface area contributed by atoms with Crippen molar-refractivity contribution in [3.05, 3.63) is 45.9 Å². The Morgan fingerprint density at radius 3 is 2.56 bits per heavy atom. The number of nitrogens with zero attached hydrogens (tertiary/aromatic N) is 1. The van der Waals surface area contributed by atoms with Crippen LogP contribution in [0.15, 0.2) is 29.6 Å². The van der Waals surface area contributed by atoms with Gasteiger partial charge in [0.15, 0.2) is 6.23 Å². The Bertz CT molecular complexity index is 762. The van der Waals surface area contributed by atoms with Gasteiger partial charge in [-0.05, 0) is 71.0 Å². The number of nitrogens with two attached hydrogens (primary N) is 1. The quantitative estimate of drug-likeness (QED) is 0.600. The van der Waals surface area contributed by atoms with Crippen LogP contribution >= 0.6 is 11.3 Å². The molecule has 1 unspecified atom stereocenters. The van der Waals surface area contributed by atoms with Gasteiger partial charge in [-0.15, -0.1) is 11.3 Å². The highest BCUT2D eigenvalue weighted by Crippen LogP contribution is 2.30. The molecule has 1 aliphatic rings. The zero-order valence-corrected chi connectivity index (χ0v) is 16.8. The molecule has 6 nitrogen and oxygen atoms in total. The Balaban J connectivity index is 1.60. The normalized spacial score (nSPS) is 16.7. The number of rotatable bonds is 5. The number of nitrogens with one attached hydrogen (secondary N) is 1. The van der Waals surface area contributed by atoms with Gasteiger partial charge in [0.1, 0.15) is 17.0 Å². The molecule has 0 saturated carbocycles. The first-order valence-electron chi connectivity index (χ1n) is 9.23. The van der Waals surface area contributed by atoms with Crippen LogP contribution in [-0.4, -0.2) is 29.6 Å². The zero-order chi connectivity index (χ0) is 19.4. The van der Waals surface area contributed by atoms with E-state index in [-0.39, 0.29) is 5.97 Å². The van der Waals surface area contributed by atoms with Gasteiger partial charge in [0, 0.05) is 11.3 Å². The lowest BCUT2D eigenvalue weighted by molar-refractivity contribution is 0.00695. The summed E-state index contributed by atoms with van der Waals surface area (Å²) in [6.07, 6.45) is 1.58. The lowest BCUT2D eigenvalue weighted by Crippen LogP contribution is -2.26. The summed E-state index contributed by atoms with van der Waals surface area (Å²) in [6, 6.07) is 6.80. The molecule has 1 atom stereocenters. The Morgan fingerprint density at radius 2 is 1.93 bits per heavy atom. The minimum atomic E-state index is -0.635. The molecule has 0 aliphatic carbocycles. The summed E-state index contributed by atoms with van der Waals surface area (Å²) in [5, 5.41) is 6.47. The van der Waals surface area contributed by atoms with Crippen molar-refractivity contribution in [2.24, 2.45) is 5.73 Å². The van der Waals surface area contributed by atoms with E-state index in [9.17, 15) is 4.79 Å². The fourth-order valence-electron chi connectivity index (χ4n) is 2.90. The molecule has 27 heavy (non-hydrogen) atoms. The Kier molecular flexibility index (Phi) is 6.14. The summed E-state index contributed by atoms with van der Waals surface area (Å²) < 4.78 is 11.2. The van der Waals surface area contributed by atoms with Gasteiger partial charge in [0.05, 0.1) is 10.6 Å². The highest BCUT2D eigenvalue weighted by atomic mass is 32.1.